The molecule has 1 atom stereocenters. The van der Waals surface area contributed by atoms with Crippen LogP contribution in [0, 0.1) is 0 Å². The number of hydrogen-bond acceptors (Lipinski definition) is 3. The van der Waals surface area contributed by atoms with Gasteiger partial charge in [-0.2, -0.15) is 0 Å². The van der Waals surface area contributed by atoms with Crippen LogP contribution in [0.3, 0.4) is 0 Å². The first-order chi connectivity index (χ1) is 10.5. The van der Waals surface area contributed by atoms with Gasteiger partial charge in [-0.25, -0.2) is 0 Å². The summed E-state index contributed by atoms with van der Waals surface area (Å²) in [7, 11) is 2.10. The van der Waals surface area contributed by atoms with Crippen molar-refractivity contribution in [2.24, 2.45) is 0 Å². The van der Waals surface area contributed by atoms with Crippen molar-refractivity contribution < 1.29 is 9.59 Å². The zero-order valence-corrected chi connectivity index (χ0v) is 13.3. The van der Waals surface area contributed by atoms with Gasteiger partial charge in [0.25, 0.3) is 5.91 Å². The zero-order valence-electron chi connectivity index (χ0n) is 13.3. The van der Waals surface area contributed by atoms with E-state index in [1.807, 2.05) is 25.1 Å². The largest absolute Gasteiger partial charge is 0.353 e. The molecule has 1 aliphatic rings. The molecule has 0 bridgehead atoms. The summed E-state index contributed by atoms with van der Waals surface area (Å²) < 4.78 is 0. The molecular formula is C17H25N3O2. The van der Waals surface area contributed by atoms with Gasteiger partial charge in [-0.3, -0.25) is 9.59 Å². The molecule has 2 rings (SSSR count). The first-order valence-corrected chi connectivity index (χ1v) is 7.88. The molecule has 5 heteroatoms. The van der Waals surface area contributed by atoms with E-state index in [1.165, 1.54) is 0 Å². The van der Waals surface area contributed by atoms with Gasteiger partial charge < -0.3 is 15.5 Å². The third-order valence-corrected chi connectivity index (χ3v) is 3.99. The van der Waals surface area contributed by atoms with Gasteiger partial charge in [0.1, 0.15) is 0 Å². The van der Waals surface area contributed by atoms with Crippen molar-refractivity contribution in [2.75, 3.05) is 20.1 Å². The van der Waals surface area contributed by atoms with Gasteiger partial charge in [0, 0.05) is 24.1 Å². The first-order valence-electron chi connectivity index (χ1n) is 7.88. The molecule has 1 fully saturated rings. The second-order valence-electron chi connectivity index (χ2n) is 6.09. The molecule has 0 radical (unpaired) electrons. The number of nitrogens with zero attached hydrogens (tertiary/aromatic N) is 1. The fourth-order valence-corrected chi connectivity index (χ4v) is 2.67. The van der Waals surface area contributed by atoms with Crippen LogP contribution < -0.4 is 10.6 Å². The molecular weight excluding hydrogens is 278 g/mol. The highest BCUT2D eigenvalue weighted by Gasteiger charge is 2.20. The number of rotatable bonds is 5. The lowest BCUT2D eigenvalue weighted by Gasteiger charge is -2.29. The molecule has 2 N–H and O–H groups in total. The van der Waals surface area contributed by atoms with E-state index in [1.54, 1.807) is 12.1 Å². The number of carbonyl (C=O) groups excluding carboxylic acids is 2. The molecule has 1 unspecified atom stereocenters. The van der Waals surface area contributed by atoms with Crippen molar-refractivity contribution in [2.45, 2.75) is 38.3 Å². The van der Waals surface area contributed by atoms with E-state index in [0.29, 0.717) is 12.0 Å². The molecule has 22 heavy (non-hydrogen) atoms. The molecule has 1 heterocycles. The minimum atomic E-state index is -0.182. The van der Waals surface area contributed by atoms with E-state index >= 15 is 0 Å². The van der Waals surface area contributed by atoms with E-state index < -0.39 is 0 Å². The van der Waals surface area contributed by atoms with Crippen LogP contribution in [-0.2, 0) is 4.79 Å². The Morgan fingerprint density at radius 2 is 1.86 bits per heavy atom. The predicted molar refractivity (Wildman–Crippen MR) is 86.6 cm³/mol. The minimum Gasteiger partial charge on any atom is -0.353 e. The Morgan fingerprint density at radius 1 is 1.23 bits per heavy atom. The van der Waals surface area contributed by atoms with Crippen molar-refractivity contribution in [1.29, 1.82) is 0 Å². The smallest absolute Gasteiger partial charge is 0.251 e. The van der Waals surface area contributed by atoms with Crippen LogP contribution in [0.5, 0.6) is 0 Å². The second-order valence-corrected chi connectivity index (χ2v) is 6.09. The van der Waals surface area contributed by atoms with E-state index in [9.17, 15) is 9.59 Å². The summed E-state index contributed by atoms with van der Waals surface area (Å²) >= 11 is 0. The number of likely N-dealkylation sites (tertiary alicyclic amines) is 1. The van der Waals surface area contributed by atoms with Gasteiger partial charge in [-0.05, 0) is 52.0 Å². The highest BCUT2D eigenvalue weighted by atomic mass is 16.2. The summed E-state index contributed by atoms with van der Waals surface area (Å²) in [6, 6.07) is 9.13. The van der Waals surface area contributed by atoms with Crippen LogP contribution in [-0.4, -0.2) is 48.9 Å². The molecule has 0 aliphatic carbocycles. The van der Waals surface area contributed by atoms with Crippen LogP contribution in [0.1, 0.15) is 36.5 Å². The van der Waals surface area contributed by atoms with E-state index in [2.05, 4.69) is 22.6 Å². The Kier molecular flexibility index (Phi) is 5.95. The summed E-state index contributed by atoms with van der Waals surface area (Å²) in [4.78, 5) is 26.3. The van der Waals surface area contributed by atoms with Crippen molar-refractivity contribution >= 4 is 11.8 Å². The lowest BCUT2D eigenvalue weighted by Crippen LogP contribution is -2.45. The maximum absolute atomic E-state index is 12.0. The second kappa shape index (κ2) is 7.94. The van der Waals surface area contributed by atoms with Crippen molar-refractivity contribution in [3.8, 4) is 0 Å². The fourth-order valence-electron chi connectivity index (χ4n) is 2.67. The van der Waals surface area contributed by atoms with Gasteiger partial charge in [0.05, 0.1) is 0 Å². The summed E-state index contributed by atoms with van der Waals surface area (Å²) in [5.41, 5.74) is 0.616. The van der Waals surface area contributed by atoms with Gasteiger partial charge in [0.2, 0.25) is 5.91 Å². The van der Waals surface area contributed by atoms with Crippen molar-refractivity contribution in [1.82, 2.24) is 15.5 Å². The fraction of sp³-hybridized carbons (Fsp3) is 0.529. The van der Waals surface area contributed by atoms with Crippen LogP contribution in [0.15, 0.2) is 30.3 Å². The van der Waals surface area contributed by atoms with Crippen LogP contribution in [0.25, 0.3) is 0 Å². The molecule has 5 nitrogen and oxygen atoms in total. The number of piperidine rings is 1. The van der Waals surface area contributed by atoms with Crippen LogP contribution >= 0.6 is 0 Å². The van der Waals surface area contributed by atoms with E-state index in [0.717, 1.165) is 25.9 Å². The molecule has 2 amide bonds. The maximum Gasteiger partial charge on any atom is 0.251 e. The predicted octanol–water partition coefficient (Wildman–Crippen LogP) is 1.41. The van der Waals surface area contributed by atoms with E-state index in [-0.39, 0.29) is 23.9 Å². The standard InChI is InChI=1S/C17H25N3O2/c1-13(18-17(22)14-6-4-3-5-7-14)12-16(21)19-15-8-10-20(2)11-9-15/h3-7,13,15H,8-12H2,1-2H3,(H,18,22)(H,19,21). The molecule has 1 aliphatic heterocycles. The molecule has 120 valence electrons. The quantitative estimate of drug-likeness (QED) is 0.864. The van der Waals surface area contributed by atoms with Gasteiger partial charge in [-0.15, -0.1) is 0 Å². The summed E-state index contributed by atoms with van der Waals surface area (Å²) in [5, 5.41) is 5.93. The SMILES string of the molecule is CC(CC(=O)NC1CCN(C)CC1)NC(=O)c1ccccc1. The average molecular weight is 303 g/mol. The molecule has 0 aromatic heterocycles. The average Bonchev–Trinajstić information content (AvgIpc) is 2.50. The molecule has 0 spiro atoms. The summed E-state index contributed by atoms with van der Waals surface area (Å²) in [5.74, 6) is -0.129. The molecule has 0 saturated carbocycles. The Balaban J connectivity index is 1.73. The van der Waals surface area contributed by atoms with Crippen molar-refractivity contribution in [3.63, 3.8) is 0 Å². The molecule has 1 saturated heterocycles. The maximum atomic E-state index is 12.0. The monoisotopic (exact) mass is 303 g/mol. The van der Waals surface area contributed by atoms with E-state index in [4.69, 9.17) is 0 Å². The van der Waals surface area contributed by atoms with Gasteiger partial charge >= 0.3 is 0 Å². The third-order valence-electron chi connectivity index (χ3n) is 3.99. The van der Waals surface area contributed by atoms with Crippen LogP contribution in [0.2, 0.25) is 0 Å². The number of carbonyl (C=O) groups is 2. The highest BCUT2D eigenvalue weighted by molar-refractivity contribution is 5.94. The lowest BCUT2D eigenvalue weighted by atomic mass is 10.1. The number of amides is 2. The molecule has 1 aromatic rings. The van der Waals surface area contributed by atoms with Gasteiger partial charge in [0.15, 0.2) is 0 Å². The zero-order chi connectivity index (χ0) is 15.9. The van der Waals surface area contributed by atoms with Crippen molar-refractivity contribution in [3.05, 3.63) is 35.9 Å². The topological polar surface area (TPSA) is 61.4 Å². The van der Waals surface area contributed by atoms with Crippen LogP contribution in [0.4, 0.5) is 0 Å². The van der Waals surface area contributed by atoms with Gasteiger partial charge in [-0.1, -0.05) is 18.2 Å². The Labute approximate surface area is 132 Å². The normalized spacial score (nSPS) is 17.7. The Morgan fingerprint density at radius 3 is 2.50 bits per heavy atom. The number of nitrogens with one attached hydrogen (secondary N) is 2. The number of hydrogen-bond donors (Lipinski definition) is 2. The highest BCUT2D eigenvalue weighted by Crippen LogP contribution is 2.08. The summed E-state index contributed by atoms with van der Waals surface area (Å²) in [6.45, 7) is 3.89. The summed E-state index contributed by atoms with van der Waals surface area (Å²) in [6.07, 6.45) is 2.30. The Hall–Kier alpha value is -1.88. The Bertz CT molecular complexity index is 496. The molecule has 1 aromatic carbocycles. The third kappa shape index (κ3) is 5.15. The minimum absolute atomic E-state index is 0.00964. The first kappa shape index (κ1) is 16.5. The number of benzene rings is 1. The lowest BCUT2D eigenvalue weighted by molar-refractivity contribution is -0.122.